The standard InChI is InChI=1S/C26H28N4O4/c1-18(31)19-9-11-23(24(16-19)33-2)34-17-26(32)27-21-8-6-7-20(15-21)22-10-12-25(29-28-22)30-13-4-3-5-14-30/h6-12,15-16H,3-5,13-14,17H2,1-2H3,(H,27,32). The van der Waals surface area contributed by atoms with Crippen LogP contribution in [0.25, 0.3) is 11.3 Å². The van der Waals surface area contributed by atoms with Gasteiger partial charge in [0.25, 0.3) is 5.91 Å². The monoisotopic (exact) mass is 460 g/mol. The first-order chi connectivity index (χ1) is 16.5. The van der Waals surface area contributed by atoms with Crippen molar-refractivity contribution in [1.82, 2.24) is 10.2 Å². The van der Waals surface area contributed by atoms with Gasteiger partial charge in [-0.05, 0) is 68.7 Å². The molecule has 0 atom stereocenters. The fourth-order valence-electron chi connectivity index (χ4n) is 3.87. The number of ketones is 1. The predicted octanol–water partition coefficient (Wildman–Crippen LogP) is 4.36. The van der Waals surface area contributed by atoms with Crippen molar-refractivity contribution in [3.05, 3.63) is 60.2 Å². The third-order valence-corrected chi connectivity index (χ3v) is 5.70. The first-order valence-corrected chi connectivity index (χ1v) is 11.3. The predicted molar refractivity (Wildman–Crippen MR) is 131 cm³/mol. The van der Waals surface area contributed by atoms with Crippen LogP contribution in [0.5, 0.6) is 11.5 Å². The number of nitrogens with zero attached hydrogens (tertiary/aromatic N) is 3. The molecule has 1 saturated heterocycles. The average Bonchev–Trinajstić information content (AvgIpc) is 2.88. The summed E-state index contributed by atoms with van der Waals surface area (Å²) in [6.07, 6.45) is 3.64. The van der Waals surface area contributed by atoms with Gasteiger partial charge in [0.2, 0.25) is 0 Å². The van der Waals surface area contributed by atoms with Crippen molar-refractivity contribution in [2.45, 2.75) is 26.2 Å². The number of nitrogens with one attached hydrogen (secondary N) is 1. The van der Waals surface area contributed by atoms with Crippen LogP contribution in [0, 0.1) is 0 Å². The summed E-state index contributed by atoms with van der Waals surface area (Å²) in [6.45, 7) is 3.31. The fraction of sp³-hybridized carbons (Fsp3) is 0.308. The Kier molecular flexibility index (Phi) is 7.37. The molecule has 0 spiro atoms. The molecule has 0 saturated carbocycles. The second-order valence-electron chi connectivity index (χ2n) is 8.16. The molecular weight excluding hydrogens is 432 g/mol. The molecule has 0 radical (unpaired) electrons. The zero-order chi connectivity index (χ0) is 23.9. The van der Waals surface area contributed by atoms with Crippen molar-refractivity contribution in [1.29, 1.82) is 0 Å². The maximum atomic E-state index is 12.5. The number of carbonyl (C=O) groups excluding carboxylic acids is 2. The molecule has 3 aromatic rings. The fourth-order valence-corrected chi connectivity index (χ4v) is 3.87. The summed E-state index contributed by atoms with van der Waals surface area (Å²) >= 11 is 0. The lowest BCUT2D eigenvalue weighted by Crippen LogP contribution is -2.30. The Hall–Kier alpha value is -3.94. The summed E-state index contributed by atoms with van der Waals surface area (Å²) < 4.78 is 10.9. The Morgan fingerprint density at radius 1 is 0.971 bits per heavy atom. The number of aromatic nitrogens is 2. The van der Waals surface area contributed by atoms with E-state index in [4.69, 9.17) is 9.47 Å². The van der Waals surface area contributed by atoms with E-state index >= 15 is 0 Å². The highest BCUT2D eigenvalue weighted by atomic mass is 16.5. The molecule has 176 valence electrons. The van der Waals surface area contributed by atoms with Crippen LogP contribution in [-0.4, -0.2) is 48.7 Å². The topological polar surface area (TPSA) is 93.6 Å². The van der Waals surface area contributed by atoms with Crippen molar-refractivity contribution in [2.75, 3.05) is 37.0 Å². The van der Waals surface area contributed by atoms with E-state index in [0.29, 0.717) is 22.7 Å². The summed E-state index contributed by atoms with van der Waals surface area (Å²) in [7, 11) is 1.49. The van der Waals surface area contributed by atoms with Gasteiger partial charge in [0, 0.05) is 29.9 Å². The van der Waals surface area contributed by atoms with E-state index in [-0.39, 0.29) is 18.3 Å². The number of Topliss-reactive ketones (excluding diaryl/α,β-unsaturated/α-hetero) is 1. The van der Waals surface area contributed by atoms with E-state index in [0.717, 1.165) is 30.2 Å². The van der Waals surface area contributed by atoms with Crippen LogP contribution in [0.3, 0.4) is 0 Å². The molecule has 1 amide bonds. The molecule has 1 aromatic heterocycles. The third-order valence-electron chi connectivity index (χ3n) is 5.70. The minimum Gasteiger partial charge on any atom is -0.493 e. The number of hydrogen-bond donors (Lipinski definition) is 1. The largest absolute Gasteiger partial charge is 0.493 e. The number of hydrogen-bond acceptors (Lipinski definition) is 7. The summed E-state index contributed by atoms with van der Waals surface area (Å²) in [5.74, 6) is 1.29. The molecule has 1 aliphatic rings. The highest BCUT2D eigenvalue weighted by Crippen LogP contribution is 2.28. The van der Waals surface area contributed by atoms with Crippen molar-refractivity contribution in [2.24, 2.45) is 0 Å². The molecule has 1 N–H and O–H groups in total. The molecule has 8 nitrogen and oxygen atoms in total. The number of methoxy groups -OCH3 is 1. The number of carbonyl (C=O) groups is 2. The second-order valence-corrected chi connectivity index (χ2v) is 8.16. The zero-order valence-electron chi connectivity index (χ0n) is 19.4. The molecule has 4 rings (SSSR count). The second kappa shape index (κ2) is 10.8. The minimum atomic E-state index is -0.318. The van der Waals surface area contributed by atoms with E-state index in [1.54, 1.807) is 24.3 Å². The smallest absolute Gasteiger partial charge is 0.262 e. The van der Waals surface area contributed by atoms with E-state index in [2.05, 4.69) is 20.4 Å². The highest BCUT2D eigenvalue weighted by Gasteiger charge is 2.14. The normalized spacial score (nSPS) is 13.3. The molecule has 0 aliphatic carbocycles. The van der Waals surface area contributed by atoms with Crippen molar-refractivity contribution in [3.8, 4) is 22.8 Å². The zero-order valence-corrected chi connectivity index (χ0v) is 19.4. The molecule has 34 heavy (non-hydrogen) atoms. The van der Waals surface area contributed by atoms with Crippen LogP contribution in [0.1, 0.15) is 36.5 Å². The summed E-state index contributed by atoms with van der Waals surface area (Å²) in [5.41, 5.74) is 2.74. The Morgan fingerprint density at radius 3 is 2.50 bits per heavy atom. The lowest BCUT2D eigenvalue weighted by Gasteiger charge is -2.27. The highest BCUT2D eigenvalue weighted by molar-refractivity contribution is 5.95. The molecule has 2 aromatic carbocycles. The number of piperidine rings is 1. The number of anilines is 2. The van der Waals surface area contributed by atoms with Gasteiger partial charge in [0.05, 0.1) is 12.8 Å². The van der Waals surface area contributed by atoms with Gasteiger partial charge in [-0.25, -0.2) is 0 Å². The van der Waals surface area contributed by atoms with Crippen molar-refractivity contribution in [3.63, 3.8) is 0 Å². The van der Waals surface area contributed by atoms with Crippen LogP contribution in [0.4, 0.5) is 11.5 Å². The lowest BCUT2D eigenvalue weighted by molar-refractivity contribution is -0.118. The van der Waals surface area contributed by atoms with Crippen LogP contribution in [0.15, 0.2) is 54.6 Å². The van der Waals surface area contributed by atoms with Gasteiger partial charge in [-0.15, -0.1) is 10.2 Å². The lowest BCUT2D eigenvalue weighted by atomic mass is 10.1. The quantitative estimate of drug-likeness (QED) is 0.499. The molecule has 1 aliphatic heterocycles. The van der Waals surface area contributed by atoms with E-state index in [1.807, 2.05) is 30.3 Å². The van der Waals surface area contributed by atoms with Gasteiger partial charge in [-0.1, -0.05) is 12.1 Å². The summed E-state index contributed by atoms with van der Waals surface area (Å²) in [5, 5.41) is 11.6. The van der Waals surface area contributed by atoms with Gasteiger partial charge in [0.1, 0.15) is 0 Å². The molecular formula is C26H28N4O4. The van der Waals surface area contributed by atoms with Gasteiger partial charge in [-0.2, -0.15) is 0 Å². The van der Waals surface area contributed by atoms with Gasteiger partial charge < -0.3 is 19.7 Å². The Morgan fingerprint density at radius 2 is 1.79 bits per heavy atom. The number of benzene rings is 2. The minimum absolute atomic E-state index is 0.0756. The maximum Gasteiger partial charge on any atom is 0.262 e. The Balaban J connectivity index is 1.37. The van der Waals surface area contributed by atoms with Crippen LogP contribution in [0.2, 0.25) is 0 Å². The van der Waals surface area contributed by atoms with E-state index in [1.165, 1.54) is 33.3 Å². The molecule has 2 heterocycles. The van der Waals surface area contributed by atoms with Gasteiger partial charge in [-0.3, -0.25) is 9.59 Å². The van der Waals surface area contributed by atoms with Gasteiger partial charge in [0.15, 0.2) is 29.7 Å². The first-order valence-electron chi connectivity index (χ1n) is 11.3. The van der Waals surface area contributed by atoms with Crippen LogP contribution >= 0.6 is 0 Å². The molecule has 8 heteroatoms. The van der Waals surface area contributed by atoms with Crippen molar-refractivity contribution < 1.29 is 19.1 Å². The van der Waals surface area contributed by atoms with Crippen LogP contribution < -0.4 is 19.7 Å². The Bertz CT molecular complexity index is 1160. The SMILES string of the molecule is COc1cc(C(C)=O)ccc1OCC(=O)Nc1cccc(-c2ccc(N3CCCCC3)nn2)c1. The Labute approximate surface area is 198 Å². The molecule has 1 fully saturated rings. The summed E-state index contributed by atoms with van der Waals surface area (Å²) in [4.78, 5) is 26.3. The molecule has 0 unspecified atom stereocenters. The molecule has 0 bridgehead atoms. The van der Waals surface area contributed by atoms with Crippen molar-refractivity contribution >= 4 is 23.2 Å². The first kappa shape index (κ1) is 23.2. The number of ether oxygens (including phenoxy) is 2. The third kappa shape index (κ3) is 5.70. The number of amides is 1. The average molecular weight is 461 g/mol. The van der Waals surface area contributed by atoms with E-state index in [9.17, 15) is 9.59 Å². The number of rotatable bonds is 8. The van der Waals surface area contributed by atoms with E-state index < -0.39 is 0 Å². The van der Waals surface area contributed by atoms with Gasteiger partial charge >= 0.3 is 0 Å². The summed E-state index contributed by atoms with van der Waals surface area (Å²) in [6, 6.07) is 16.2. The van der Waals surface area contributed by atoms with Crippen LogP contribution in [-0.2, 0) is 4.79 Å². The maximum absolute atomic E-state index is 12.5.